The molecule has 5 nitrogen and oxygen atoms in total. The number of hydrogen-bond donors (Lipinski definition) is 2. The Bertz CT molecular complexity index is 668. The van der Waals surface area contributed by atoms with Gasteiger partial charge in [-0.3, -0.25) is 0 Å². The van der Waals surface area contributed by atoms with Gasteiger partial charge in [-0.25, -0.2) is 8.42 Å². The Kier molecular flexibility index (Phi) is 3.98. The molecule has 1 aromatic carbocycles. The van der Waals surface area contributed by atoms with Gasteiger partial charge >= 0.3 is 0 Å². The van der Waals surface area contributed by atoms with Gasteiger partial charge in [0.25, 0.3) is 0 Å². The maximum atomic E-state index is 11.9. The zero-order valence-corrected chi connectivity index (χ0v) is 12.3. The van der Waals surface area contributed by atoms with E-state index in [0.717, 1.165) is 11.4 Å². The first kappa shape index (κ1) is 14.2. The molecule has 0 amide bonds. The number of hydrogen-bond acceptors (Lipinski definition) is 5. The molecule has 0 saturated carbocycles. The van der Waals surface area contributed by atoms with Crippen molar-refractivity contribution in [1.82, 2.24) is 5.32 Å². The van der Waals surface area contributed by atoms with Gasteiger partial charge in [-0.2, -0.15) is 0 Å². The van der Waals surface area contributed by atoms with Crippen LogP contribution in [0.4, 0.5) is 5.69 Å². The second kappa shape index (κ2) is 5.91. The smallest absolute Gasteiger partial charge is 0.153 e. The summed E-state index contributed by atoms with van der Waals surface area (Å²) in [6.07, 6.45) is 1.61. The third-order valence-electron chi connectivity index (χ3n) is 3.60. The van der Waals surface area contributed by atoms with E-state index in [2.05, 4.69) is 10.6 Å². The average molecular weight is 306 g/mol. The molecule has 1 aromatic heterocycles. The highest BCUT2D eigenvalue weighted by molar-refractivity contribution is 7.91. The molecular formula is C15H18N2O3S. The second-order valence-corrected chi connectivity index (χ2v) is 7.41. The molecule has 2 atom stereocenters. The van der Waals surface area contributed by atoms with Gasteiger partial charge in [0.1, 0.15) is 5.76 Å². The Balaban J connectivity index is 1.67. The number of para-hydroxylation sites is 1. The van der Waals surface area contributed by atoms with Crippen molar-refractivity contribution in [3.05, 3.63) is 54.5 Å². The summed E-state index contributed by atoms with van der Waals surface area (Å²) in [6.45, 7) is 0.528. The molecule has 1 aliphatic heterocycles. The third-order valence-corrected chi connectivity index (χ3v) is 5.33. The Morgan fingerprint density at radius 2 is 1.81 bits per heavy atom. The topological polar surface area (TPSA) is 71.3 Å². The summed E-state index contributed by atoms with van der Waals surface area (Å²) in [4.78, 5) is 0. The molecule has 0 radical (unpaired) electrons. The lowest BCUT2D eigenvalue weighted by Crippen LogP contribution is -2.42. The molecule has 2 aromatic rings. The fourth-order valence-corrected chi connectivity index (χ4v) is 4.48. The Hall–Kier alpha value is -1.79. The summed E-state index contributed by atoms with van der Waals surface area (Å²) >= 11 is 0. The van der Waals surface area contributed by atoms with E-state index in [1.165, 1.54) is 0 Å². The molecule has 1 aliphatic rings. The lowest BCUT2D eigenvalue weighted by Gasteiger charge is -2.21. The van der Waals surface area contributed by atoms with Crippen molar-refractivity contribution in [2.75, 3.05) is 16.8 Å². The number of nitrogens with one attached hydrogen (secondary N) is 2. The molecule has 1 saturated heterocycles. The van der Waals surface area contributed by atoms with E-state index in [1.807, 2.05) is 42.5 Å². The van der Waals surface area contributed by atoms with Crippen LogP contribution < -0.4 is 10.6 Å². The summed E-state index contributed by atoms with van der Waals surface area (Å²) in [6, 6.07) is 13.1. The van der Waals surface area contributed by atoms with Crippen LogP contribution in [0.3, 0.4) is 0 Å². The summed E-state index contributed by atoms with van der Waals surface area (Å²) < 4.78 is 29.1. The summed E-state index contributed by atoms with van der Waals surface area (Å²) in [5.41, 5.74) is 0.935. The zero-order chi connectivity index (χ0) is 14.7. The second-order valence-electron chi connectivity index (χ2n) is 5.26. The van der Waals surface area contributed by atoms with E-state index < -0.39 is 9.84 Å². The van der Waals surface area contributed by atoms with Crippen LogP contribution in [0.5, 0.6) is 0 Å². The van der Waals surface area contributed by atoms with Crippen molar-refractivity contribution in [2.24, 2.45) is 0 Å². The monoisotopic (exact) mass is 306 g/mol. The number of furan rings is 1. The molecule has 2 unspecified atom stereocenters. The molecule has 0 spiro atoms. The molecule has 1 fully saturated rings. The molecule has 112 valence electrons. The van der Waals surface area contributed by atoms with E-state index in [-0.39, 0.29) is 23.6 Å². The standard InChI is InChI=1S/C15H18N2O3S/c18-21(19)10-14(16-9-13-7-4-8-20-13)15(11-21)17-12-5-2-1-3-6-12/h1-8,14-17H,9-11H2. The fourth-order valence-electron chi connectivity index (χ4n) is 2.58. The Morgan fingerprint density at radius 1 is 1.05 bits per heavy atom. The van der Waals surface area contributed by atoms with Gasteiger partial charge in [-0.1, -0.05) is 18.2 Å². The van der Waals surface area contributed by atoms with Crippen LogP contribution in [0.1, 0.15) is 5.76 Å². The molecule has 3 rings (SSSR count). The molecular weight excluding hydrogens is 288 g/mol. The maximum Gasteiger partial charge on any atom is 0.153 e. The molecule has 0 aliphatic carbocycles. The predicted molar refractivity (Wildman–Crippen MR) is 81.8 cm³/mol. The van der Waals surface area contributed by atoms with Gasteiger partial charge in [0.2, 0.25) is 0 Å². The largest absolute Gasteiger partial charge is 0.468 e. The maximum absolute atomic E-state index is 11.9. The first-order valence-corrected chi connectivity index (χ1v) is 8.72. The minimum Gasteiger partial charge on any atom is -0.468 e. The van der Waals surface area contributed by atoms with Gasteiger partial charge in [0.05, 0.1) is 30.4 Å². The number of rotatable bonds is 5. The van der Waals surface area contributed by atoms with E-state index in [0.29, 0.717) is 6.54 Å². The molecule has 21 heavy (non-hydrogen) atoms. The average Bonchev–Trinajstić information content (AvgIpc) is 3.05. The van der Waals surface area contributed by atoms with Crippen LogP contribution in [0, 0.1) is 0 Å². The lowest BCUT2D eigenvalue weighted by molar-refractivity contribution is 0.447. The summed E-state index contributed by atoms with van der Waals surface area (Å²) in [5, 5.41) is 6.58. The van der Waals surface area contributed by atoms with Crippen LogP contribution >= 0.6 is 0 Å². The first-order chi connectivity index (χ1) is 10.1. The van der Waals surface area contributed by atoms with Crippen LogP contribution in [0.15, 0.2) is 53.1 Å². The first-order valence-electron chi connectivity index (χ1n) is 6.90. The normalized spacial score (nSPS) is 24.0. The molecule has 2 N–H and O–H groups in total. The highest BCUT2D eigenvalue weighted by Gasteiger charge is 2.37. The Labute approximate surface area is 124 Å². The van der Waals surface area contributed by atoms with E-state index in [1.54, 1.807) is 6.26 Å². The van der Waals surface area contributed by atoms with Gasteiger partial charge in [0.15, 0.2) is 9.84 Å². The SMILES string of the molecule is O=S1(=O)CC(NCc2ccco2)C(Nc2ccccc2)C1. The molecule has 6 heteroatoms. The fraction of sp³-hybridized carbons (Fsp3) is 0.333. The number of anilines is 1. The van der Waals surface area contributed by atoms with Gasteiger partial charge < -0.3 is 15.1 Å². The number of benzene rings is 1. The zero-order valence-electron chi connectivity index (χ0n) is 11.5. The summed E-state index contributed by atoms with van der Waals surface area (Å²) in [5.74, 6) is 1.10. The third kappa shape index (κ3) is 3.65. The van der Waals surface area contributed by atoms with Crippen molar-refractivity contribution in [2.45, 2.75) is 18.6 Å². The van der Waals surface area contributed by atoms with Crippen LogP contribution in [-0.4, -0.2) is 32.0 Å². The van der Waals surface area contributed by atoms with Crippen molar-refractivity contribution < 1.29 is 12.8 Å². The van der Waals surface area contributed by atoms with Gasteiger partial charge in [-0.15, -0.1) is 0 Å². The lowest BCUT2D eigenvalue weighted by atomic mass is 10.1. The Morgan fingerprint density at radius 3 is 2.52 bits per heavy atom. The van der Waals surface area contributed by atoms with Crippen molar-refractivity contribution in [1.29, 1.82) is 0 Å². The minimum absolute atomic E-state index is 0.125. The predicted octanol–water partition coefficient (Wildman–Crippen LogP) is 1.65. The van der Waals surface area contributed by atoms with E-state index in [9.17, 15) is 8.42 Å². The number of sulfone groups is 1. The quantitative estimate of drug-likeness (QED) is 0.879. The van der Waals surface area contributed by atoms with Crippen LogP contribution in [-0.2, 0) is 16.4 Å². The van der Waals surface area contributed by atoms with Crippen molar-refractivity contribution in [3.63, 3.8) is 0 Å². The van der Waals surface area contributed by atoms with Gasteiger partial charge in [0, 0.05) is 11.7 Å². The van der Waals surface area contributed by atoms with Crippen molar-refractivity contribution >= 4 is 15.5 Å². The van der Waals surface area contributed by atoms with E-state index >= 15 is 0 Å². The van der Waals surface area contributed by atoms with Crippen molar-refractivity contribution in [3.8, 4) is 0 Å². The van der Waals surface area contributed by atoms with E-state index in [4.69, 9.17) is 4.42 Å². The van der Waals surface area contributed by atoms with Crippen LogP contribution in [0.25, 0.3) is 0 Å². The highest BCUT2D eigenvalue weighted by Crippen LogP contribution is 2.18. The van der Waals surface area contributed by atoms with Gasteiger partial charge in [-0.05, 0) is 24.3 Å². The van der Waals surface area contributed by atoms with Crippen LogP contribution in [0.2, 0.25) is 0 Å². The molecule has 0 bridgehead atoms. The summed E-state index contributed by atoms with van der Waals surface area (Å²) in [7, 11) is -3.01. The molecule has 2 heterocycles. The minimum atomic E-state index is -3.01. The highest BCUT2D eigenvalue weighted by atomic mass is 32.2.